The first-order chi connectivity index (χ1) is 10.7. The van der Waals surface area contributed by atoms with E-state index >= 15 is 0 Å². The van der Waals surface area contributed by atoms with E-state index in [0.29, 0.717) is 5.82 Å². The van der Waals surface area contributed by atoms with E-state index in [1.807, 2.05) is 0 Å². The maximum atomic E-state index is 6.08. The Labute approximate surface area is 132 Å². The predicted octanol–water partition coefficient (Wildman–Crippen LogP) is 3.53. The van der Waals surface area contributed by atoms with E-state index in [1.165, 1.54) is 42.4 Å². The van der Waals surface area contributed by atoms with Gasteiger partial charge in [0.25, 0.3) is 0 Å². The summed E-state index contributed by atoms with van der Waals surface area (Å²) >= 11 is 0. The molecule has 1 aliphatic carbocycles. The van der Waals surface area contributed by atoms with Crippen molar-refractivity contribution in [1.29, 1.82) is 0 Å². The maximum absolute atomic E-state index is 6.08. The van der Waals surface area contributed by atoms with Gasteiger partial charge in [0.15, 0.2) is 0 Å². The minimum absolute atomic E-state index is 0.271. The number of nitrogens with two attached hydrogens (primary N) is 2. The van der Waals surface area contributed by atoms with Crippen molar-refractivity contribution >= 4 is 11.8 Å². The fraction of sp³-hybridized carbons (Fsp3) is 0.444. The molecule has 2 aromatic rings. The largest absolute Gasteiger partial charge is 0.383 e. The molecular formula is C18H24N4. The second kappa shape index (κ2) is 6.34. The normalized spacial score (nSPS) is 12.8. The quantitative estimate of drug-likeness (QED) is 0.827. The Morgan fingerprint density at radius 2 is 1.91 bits per heavy atom. The molecule has 0 bridgehead atoms. The van der Waals surface area contributed by atoms with Gasteiger partial charge in [0.1, 0.15) is 5.82 Å². The van der Waals surface area contributed by atoms with E-state index in [1.54, 1.807) is 0 Å². The number of hydrogen-bond donors (Lipinski definition) is 2. The lowest BCUT2D eigenvalue weighted by Gasteiger charge is -2.21. The van der Waals surface area contributed by atoms with Crippen LogP contribution in [0, 0.1) is 0 Å². The summed E-state index contributed by atoms with van der Waals surface area (Å²) in [7, 11) is 0. The zero-order valence-corrected chi connectivity index (χ0v) is 13.2. The van der Waals surface area contributed by atoms with Gasteiger partial charge in [-0.15, -0.1) is 0 Å². The Bertz CT molecular complexity index is 679. The molecule has 1 aromatic carbocycles. The third-order valence-corrected chi connectivity index (χ3v) is 4.42. The van der Waals surface area contributed by atoms with Crippen LogP contribution in [0.1, 0.15) is 49.4 Å². The third-order valence-electron chi connectivity index (χ3n) is 4.42. The second-order valence-electron chi connectivity index (χ2n) is 6.09. The highest BCUT2D eigenvalue weighted by atomic mass is 15.0. The minimum Gasteiger partial charge on any atom is -0.383 e. The number of hydrogen-bond acceptors (Lipinski definition) is 4. The van der Waals surface area contributed by atoms with Crippen LogP contribution in [0.5, 0.6) is 0 Å². The van der Waals surface area contributed by atoms with Gasteiger partial charge in [-0.05, 0) is 42.4 Å². The molecule has 1 aliphatic rings. The van der Waals surface area contributed by atoms with Crippen molar-refractivity contribution in [3.63, 3.8) is 0 Å². The maximum Gasteiger partial charge on any atom is 0.222 e. The van der Waals surface area contributed by atoms with E-state index in [2.05, 4.69) is 35.1 Å². The molecule has 1 aromatic heterocycles. The van der Waals surface area contributed by atoms with Crippen LogP contribution in [0.15, 0.2) is 18.2 Å². The molecule has 4 nitrogen and oxygen atoms in total. The number of fused-ring (bicyclic) bond motifs is 3. The van der Waals surface area contributed by atoms with Crippen molar-refractivity contribution in [3.8, 4) is 11.1 Å². The lowest BCUT2D eigenvalue weighted by molar-refractivity contribution is 0.666. The van der Waals surface area contributed by atoms with Crippen LogP contribution in [-0.2, 0) is 19.3 Å². The van der Waals surface area contributed by atoms with Gasteiger partial charge in [0.05, 0.1) is 5.69 Å². The molecule has 4 heteroatoms. The molecule has 3 rings (SSSR count). The van der Waals surface area contributed by atoms with Crippen molar-refractivity contribution in [3.05, 3.63) is 35.0 Å². The van der Waals surface area contributed by atoms with Crippen molar-refractivity contribution in [2.75, 3.05) is 11.5 Å². The van der Waals surface area contributed by atoms with Crippen LogP contribution >= 0.6 is 0 Å². The van der Waals surface area contributed by atoms with Gasteiger partial charge < -0.3 is 11.5 Å². The molecule has 116 valence electrons. The number of nitrogens with zero attached hydrogens (tertiary/aromatic N) is 2. The van der Waals surface area contributed by atoms with Crippen LogP contribution in [0.4, 0.5) is 11.8 Å². The van der Waals surface area contributed by atoms with E-state index in [4.69, 9.17) is 11.5 Å². The summed E-state index contributed by atoms with van der Waals surface area (Å²) in [6.45, 7) is 2.25. The van der Waals surface area contributed by atoms with Gasteiger partial charge in [-0.25, -0.2) is 4.98 Å². The van der Waals surface area contributed by atoms with Crippen LogP contribution < -0.4 is 11.5 Å². The van der Waals surface area contributed by atoms with Crippen LogP contribution in [-0.4, -0.2) is 9.97 Å². The van der Waals surface area contributed by atoms with E-state index in [9.17, 15) is 0 Å². The van der Waals surface area contributed by atoms with Gasteiger partial charge in [-0.2, -0.15) is 4.98 Å². The first-order valence-corrected chi connectivity index (χ1v) is 8.23. The fourth-order valence-corrected chi connectivity index (χ4v) is 3.28. The number of aromatic nitrogens is 2. The summed E-state index contributed by atoms with van der Waals surface area (Å²) in [5.41, 5.74) is 17.7. The average molecular weight is 296 g/mol. The third kappa shape index (κ3) is 2.91. The molecule has 0 amide bonds. The van der Waals surface area contributed by atoms with Gasteiger partial charge >= 0.3 is 0 Å². The van der Waals surface area contributed by atoms with Crippen molar-refractivity contribution in [1.82, 2.24) is 9.97 Å². The summed E-state index contributed by atoms with van der Waals surface area (Å²) in [5, 5.41) is 0. The lowest BCUT2D eigenvalue weighted by Crippen LogP contribution is -2.12. The zero-order valence-electron chi connectivity index (χ0n) is 13.2. The predicted molar refractivity (Wildman–Crippen MR) is 91.5 cm³/mol. The van der Waals surface area contributed by atoms with Crippen LogP contribution in [0.3, 0.4) is 0 Å². The molecule has 0 spiro atoms. The molecular weight excluding hydrogens is 272 g/mol. The zero-order chi connectivity index (χ0) is 15.5. The second-order valence-corrected chi connectivity index (χ2v) is 6.09. The monoisotopic (exact) mass is 296 g/mol. The standard InChI is InChI=1S/C18H24N4/c1-2-3-4-5-6-12-7-9-14-13(11-12)8-10-15-16(14)17(19)22-18(20)21-15/h7,9,11H,2-6,8,10H2,1H3,(H4,19,20,21,22). The Morgan fingerprint density at radius 3 is 2.73 bits per heavy atom. The first-order valence-electron chi connectivity index (χ1n) is 8.23. The molecule has 0 fully saturated rings. The highest BCUT2D eigenvalue weighted by molar-refractivity contribution is 5.80. The molecule has 0 saturated heterocycles. The summed E-state index contributed by atoms with van der Waals surface area (Å²) in [5.74, 6) is 0.770. The molecule has 4 N–H and O–H groups in total. The summed E-state index contributed by atoms with van der Waals surface area (Å²) in [6, 6.07) is 6.73. The SMILES string of the molecule is CCCCCCc1ccc2c(c1)CCc1nc(N)nc(N)c1-2. The van der Waals surface area contributed by atoms with Crippen molar-refractivity contribution in [2.24, 2.45) is 0 Å². The van der Waals surface area contributed by atoms with E-state index < -0.39 is 0 Å². The van der Waals surface area contributed by atoms with E-state index in [0.717, 1.165) is 30.5 Å². The van der Waals surface area contributed by atoms with Crippen molar-refractivity contribution in [2.45, 2.75) is 51.9 Å². The number of anilines is 2. The van der Waals surface area contributed by atoms with Crippen molar-refractivity contribution < 1.29 is 0 Å². The summed E-state index contributed by atoms with van der Waals surface area (Å²) in [4.78, 5) is 8.48. The van der Waals surface area contributed by atoms with Crippen LogP contribution in [0.2, 0.25) is 0 Å². The Kier molecular flexibility index (Phi) is 4.27. The number of nitrogen functional groups attached to an aromatic ring is 2. The Morgan fingerprint density at radius 1 is 1.05 bits per heavy atom. The number of rotatable bonds is 5. The van der Waals surface area contributed by atoms with Gasteiger partial charge in [-0.1, -0.05) is 44.4 Å². The Hall–Kier alpha value is -2.10. The minimum atomic E-state index is 0.271. The van der Waals surface area contributed by atoms with Gasteiger partial charge in [-0.3, -0.25) is 0 Å². The highest BCUT2D eigenvalue weighted by Gasteiger charge is 2.21. The summed E-state index contributed by atoms with van der Waals surface area (Å²) < 4.78 is 0. The van der Waals surface area contributed by atoms with E-state index in [-0.39, 0.29) is 5.95 Å². The van der Waals surface area contributed by atoms with Crippen LogP contribution in [0.25, 0.3) is 11.1 Å². The number of aryl methyl sites for hydroxylation is 3. The number of unbranched alkanes of at least 4 members (excludes halogenated alkanes) is 3. The Balaban J connectivity index is 1.85. The first kappa shape index (κ1) is 14.8. The molecule has 0 atom stereocenters. The fourth-order valence-electron chi connectivity index (χ4n) is 3.28. The molecule has 0 saturated carbocycles. The molecule has 22 heavy (non-hydrogen) atoms. The molecule has 0 aliphatic heterocycles. The average Bonchev–Trinajstić information content (AvgIpc) is 2.50. The van der Waals surface area contributed by atoms with Gasteiger partial charge in [0, 0.05) is 5.56 Å². The molecule has 0 unspecified atom stereocenters. The molecule has 1 heterocycles. The highest BCUT2D eigenvalue weighted by Crippen LogP contribution is 2.36. The number of benzene rings is 1. The summed E-state index contributed by atoms with van der Waals surface area (Å²) in [6.07, 6.45) is 8.24. The lowest BCUT2D eigenvalue weighted by atomic mass is 9.87. The topological polar surface area (TPSA) is 77.8 Å². The van der Waals surface area contributed by atoms with Gasteiger partial charge in [0.2, 0.25) is 5.95 Å². The molecule has 0 radical (unpaired) electrons. The smallest absolute Gasteiger partial charge is 0.222 e.